The number of amides is 2. The number of rotatable bonds is 5. The number of methoxy groups -OCH3 is 1. The Balaban J connectivity index is 1.37. The number of nitrogens with zero attached hydrogens (tertiary/aromatic N) is 2. The number of piperazine rings is 1. The van der Waals surface area contributed by atoms with Crippen LogP contribution in [0.15, 0.2) is 65.1 Å². The van der Waals surface area contributed by atoms with E-state index in [1.54, 1.807) is 41.3 Å². The Labute approximate surface area is 216 Å². The molecule has 1 fully saturated rings. The smallest absolute Gasteiger partial charge is 0.257 e. The van der Waals surface area contributed by atoms with Gasteiger partial charge in [-0.1, -0.05) is 39.1 Å². The summed E-state index contributed by atoms with van der Waals surface area (Å²) in [5, 5.41) is 3.76. The molecule has 3 aromatic carbocycles. The molecule has 1 heterocycles. The van der Waals surface area contributed by atoms with Crippen LogP contribution in [0.2, 0.25) is 10.0 Å². The average molecular weight is 563 g/mol. The number of hydrogen-bond acceptors (Lipinski definition) is 4. The van der Waals surface area contributed by atoms with Crippen LogP contribution >= 0.6 is 39.1 Å². The highest BCUT2D eigenvalue weighted by Gasteiger charge is 2.25. The molecule has 9 heteroatoms. The SMILES string of the molecule is COc1ccc(Cl)cc1C(=O)N1CCN(c2ccc(NC(=O)c3cc(Br)ccc3Cl)cc2)CC1. The Hall–Kier alpha value is -2.74. The van der Waals surface area contributed by atoms with Crippen LogP contribution in [0.3, 0.4) is 0 Å². The normalized spacial score (nSPS) is 13.5. The Morgan fingerprint density at radius 2 is 1.62 bits per heavy atom. The minimum absolute atomic E-state index is 0.0942. The van der Waals surface area contributed by atoms with Gasteiger partial charge >= 0.3 is 0 Å². The molecule has 0 spiro atoms. The van der Waals surface area contributed by atoms with Crippen LogP contribution < -0.4 is 15.0 Å². The van der Waals surface area contributed by atoms with Crippen molar-refractivity contribution in [3.63, 3.8) is 0 Å². The predicted molar refractivity (Wildman–Crippen MR) is 140 cm³/mol. The van der Waals surface area contributed by atoms with Gasteiger partial charge in [0.1, 0.15) is 5.75 Å². The molecule has 0 saturated carbocycles. The van der Waals surface area contributed by atoms with E-state index in [1.807, 2.05) is 24.3 Å². The van der Waals surface area contributed by atoms with E-state index in [1.165, 1.54) is 7.11 Å². The Kier molecular flexibility index (Phi) is 7.66. The number of carbonyl (C=O) groups excluding carboxylic acids is 2. The molecule has 2 amide bonds. The summed E-state index contributed by atoms with van der Waals surface area (Å²) in [6, 6.07) is 17.8. The fourth-order valence-corrected chi connectivity index (χ4v) is 4.55. The third-order valence-corrected chi connectivity index (χ3v) is 6.68. The third-order valence-electron chi connectivity index (χ3n) is 5.62. The molecule has 34 heavy (non-hydrogen) atoms. The van der Waals surface area contributed by atoms with Crippen molar-refractivity contribution in [1.29, 1.82) is 0 Å². The number of ether oxygens (including phenoxy) is 1. The van der Waals surface area contributed by atoms with Crippen LogP contribution in [0.25, 0.3) is 0 Å². The van der Waals surface area contributed by atoms with Gasteiger partial charge in [-0.05, 0) is 60.7 Å². The summed E-state index contributed by atoms with van der Waals surface area (Å²) < 4.78 is 6.11. The van der Waals surface area contributed by atoms with Crippen molar-refractivity contribution in [2.24, 2.45) is 0 Å². The lowest BCUT2D eigenvalue weighted by Gasteiger charge is -2.36. The zero-order valence-electron chi connectivity index (χ0n) is 18.4. The number of halogens is 3. The first kappa shape index (κ1) is 24.4. The largest absolute Gasteiger partial charge is 0.496 e. The van der Waals surface area contributed by atoms with Gasteiger partial charge in [-0.15, -0.1) is 0 Å². The van der Waals surface area contributed by atoms with E-state index in [0.717, 1.165) is 10.2 Å². The summed E-state index contributed by atoms with van der Waals surface area (Å²) in [5.74, 6) is 0.143. The van der Waals surface area contributed by atoms with Crippen molar-refractivity contribution in [2.45, 2.75) is 0 Å². The maximum Gasteiger partial charge on any atom is 0.257 e. The standard InChI is InChI=1S/C25H22BrCl2N3O3/c1-34-23-9-3-17(27)15-21(23)25(33)31-12-10-30(11-13-31)19-6-4-18(5-7-19)29-24(32)20-14-16(26)2-8-22(20)28/h2-9,14-15H,10-13H2,1H3,(H,29,32). The average Bonchev–Trinajstić information content (AvgIpc) is 2.85. The minimum Gasteiger partial charge on any atom is -0.496 e. The third kappa shape index (κ3) is 5.49. The first-order chi connectivity index (χ1) is 16.4. The molecular formula is C25H22BrCl2N3O3. The lowest BCUT2D eigenvalue weighted by Crippen LogP contribution is -2.48. The lowest BCUT2D eigenvalue weighted by molar-refractivity contribution is 0.0743. The molecule has 1 saturated heterocycles. The topological polar surface area (TPSA) is 61.9 Å². The van der Waals surface area contributed by atoms with E-state index in [9.17, 15) is 9.59 Å². The molecule has 3 aromatic rings. The molecule has 6 nitrogen and oxygen atoms in total. The highest BCUT2D eigenvalue weighted by atomic mass is 79.9. The monoisotopic (exact) mass is 561 g/mol. The van der Waals surface area contributed by atoms with E-state index >= 15 is 0 Å². The molecule has 0 aliphatic carbocycles. The van der Waals surface area contributed by atoms with Gasteiger partial charge < -0.3 is 19.9 Å². The lowest BCUT2D eigenvalue weighted by atomic mass is 10.1. The van der Waals surface area contributed by atoms with Crippen molar-refractivity contribution >= 4 is 62.3 Å². The van der Waals surface area contributed by atoms with E-state index in [0.29, 0.717) is 58.8 Å². The first-order valence-corrected chi connectivity index (χ1v) is 12.1. The van der Waals surface area contributed by atoms with Gasteiger partial charge in [-0.2, -0.15) is 0 Å². The van der Waals surface area contributed by atoms with Crippen LogP contribution in [0.1, 0.15) is 20.7 Å². The maximum absolute atomic E-state index is 13.0. The van der Waals surface area contributed by atoms with Crippen LogP contribution in [-0.2, 0) is 0 Å². The van der Waals surface area contributed by atoms with Crippen LogP contribution in [0.4, 0.5) is 11.4 Å². The van der Waals surface area contributed by atoms with Crippen LogP contribution in [-0.4, -0.2) is 50.0 Å². The van der Waals surface area contributed by atoms with Gasteiger partial charge in [-0.25, -0.2) is 0 Å². The zero-order valence-corrected chi connectivity index (χ0v) is 21.5. The Morgan fingerprint density at radius 3 is 2.29 bits per heavy atom. The van der Waals surface area contributed by atoms with Gasteiger partial charge in [0.2, 0.25) is 0 Å². The maximum atomic E-state index is 13.0. The fourth-order valence-electron chi connectivity index (χ4n) is 3.81. The molecule has 1 aliphatic heterocycles. The summed E-state index contributed by atoms with van der Waals surface area (Å²) >= 11 is 15.6. The van der Waals surface area contributed by atoms with E-state index in [-0.39, 0.29) is 11.8 Å². The molecular weight excluding hydrogens is 541 g/mol. The van der Waals surface area contributed by atoms with Gasteiger partial charge in [0.15, 0.2) is 0 Å². The van der Waals surface area contributed by atoms with Crippen molar-refractivity contribution < 1.29 is 14.3 Å². The second kappa shape index (κ2) is 10.7. The van der Waals surface area contributed by atoms with Crippen LogP contribution in [0, 0.1) is 0 Å². The summed E-state index contributed by atoms with van der Waals surface area (Å²) in [7, 11) is 1.54. The molecule has 0 radical (unpaired) electrons. The van der Waals surface area contributed by atoms with E-state index < -0.39 is 0 Å². The summed E-state index contributed by atoms with van der Waals surface area (Å²) in [6.07, 6.45) is 0. The molecule has 0 atom stereocenters. The number of carbonyl (C=O) groups is 2. The van der Waals surface area contributed by atoms with Crippen molar-refractivity contribution in [2.75, 3.05) is 43.5 Å². The van der Waals surface area contributed by atoms with Gasteiger partial charge in [-0.3, -0.25) is 9.59 Å². The number of benzene rings is 3. The highest BCUT2D eigenvalue weighted by Crippen LogP contribution is 2.26. The van der Waals surface area contributed by atoms with Gasteiger partial charge in [0.25, 0.3) is 11.8 Å². The van der Waals surface area contributed by atoms with Crippen molar-refractivity contribution in [1.82, 2.24) is 4.90 Å². The second-order valence-electron chi connectivity index (χ2n) is 7.75. The molecule has 4 rings (SSSR count). The van der Waals surface area contributed by atoms with Crippen molar-refractivity contribution in [3.8, 4) is 5.75 Å². The summed E-state index contributed by atoms with van der Waals surface area (Å²) in [5.41, 5.74) is 2.56. The van der Waals surface area contributed by atoms with Gasteiger partial charge in [0.05, 0.1) is 23.3 Å². The summed E-state index contributed by atoms with van der Waals surface area (Å²) in [4.78, 5) is 29.6. The molecule has 0 aromatic heterocycles. The predicted octanol–water partition coefficient (Wildman–Crippen LogP) is 5.98. The van der Waals surface area contributed by atoms with E-state index in [4.69, 9.17) is 27.9 Å². The van der Waals surface area contributed by atoms with Gasteiger partial charge in [0, 0.05) is 47.0 Å². The number of nitrogens with one attached hydrogen (secondary N) is 1. The second-order valence-corrected chi connectivity index (χ2v) is 9.51. The number of hydrogen-bond donors (Lipinski definition) is 1. The number of anilines is 2. The Bertz CT molecular complexity index is 1210. The molecule has 0 bridgehead atoms. The molecule has 176 valence electrons. The first-order valence-electron chi connectivity index (χ1n) is 10.6. The highest BCUT2D eigenvalue weighted by molar-refractivity contribution is 9.10. The minimum atomic E-state index is -0.275. The fraction of sp³-hybridized carbons (Fsp3) is 0.200. The Morgan fingerprint density at radius 1 is 0.912 bits per heavy atom. The summed E-state index contributed by atoms with van der Waals surface area (Å²) in [6.45, 7) is 2.53. The van der Waals surface area contributed by atoms with Crippen molar-refractivity contribution in [3.05, 3.63) is 86.3 Å². The molecule has 0 unspecified atom stereocenters. The quantitative estimate of drug-likeness (QED) is 0.415. The zero-order chi connectivity index (χ0) is 24.2. The van der Waals surface area contributed by atoms with Crippen LogP contribution in [0.5, 0.6) is 5.75 Å². The molecule has 1 N–H and O–H groups in total. The molecule has 1 aliphatic rings. The van der Waals surface area contributed by atoms with E-state index in [2.05, 4.69) is 26.1 Å².